The van der Waals surface area contributed by atoms with Crippen LogP contribution < -0.4 is 0 Å². The van der Waals surface area contributed by atoms with Gasteiger partial charge in [-0.3, -0.25) is 0 Å². The predicted octanol–water partition coefficient (Wildman–Crippen LogP) is 2.00. The average Bonchev–Trinajstić information content (AvgIpc) is 1.90. The van der Waals surface area contributed by atoms with Gasteiger partial charge in [0.25, 0.3) is 0 Å². The molecule has 0 aliphatic carbocycles. The summed E-state index contributed by atoms with van der Waals surface area (Å²) in [5.74, 6) is 0.565. The van der Waals surface area contributed by atoms with Gasteiger partial charge in [0.1, 0.15) is 0 Å². The van der Waals surface area contributed by atoms with Gasteiger partial charge < -0.3 is 4.98 Å². The first-order valence-electron chi connectivity index (χ1n) is 3.11. The van der Waals surface area contributed by atoms with Crippen LogP contribution in [0.5, 0.6) is 0 Å². The minimum absolute atomic E-state index is 0. The molecule has 1 heterocycles. The Morgan fingerprint density at radius 1 is 1.50 bits per heavy atom. The number of rotatable bonds is 1. The van der Waals surface area contributed by atoms with Gasteiger partial charge in [-0.1, -0.05) is 32.2 Å². The van der Waals surface area contributed by atoms with Crippen molar-refractivity contribution in [2.24, 2.45) is 0 Å². The van der Waals surface area contributed by atoms with Gasteiger partial charge in [0.05, 0.1) is 0 Å². The van der Waals surface area contributed by atoms with E-state index < -0.39 is 0 Å². The summed E-state index contributed by atoms with van der Waals surface area (Å²) in [5, 5.41) is 0. The Labute approximate surface area is 87.1 Å². The Kier molecular flexibility index (Phi) is 5.10. The fourth-order valence-corrected chi connectivity index (χ4v) is 0.653. The molecule has 0 atom stereocenters. The van der Waals surface area contributed by atoms with E-state index in [2.05, 4.69) is 24.9 Å². The molecule has 0 N–H and O–H groups in total. The Morgan fingerprint density at radius 2 is 2.20 bits per heavy atom. The van der Waals surface area contributed by atoms with E-state index in [0.29, 0.717) is 5.92 Å². The third-order valence-corrected chi connectivity index (χ3v) is 1.29. The fourth-order valence-electron chi connectivity index (χ4n) is 0.653. The van der Waals surface area contributed by atoms with Crippen molar-refractivity contribution in [3.05, 3.63) is 30.1 Å². The molecular formula is C8H10NY-. The van der Waals surface area contributed by atoms with Gasteiger partial charge in [0.15, 0.2) is 0 Å². The molecule has 1 nitrogen and oxygen atoms in total. The molecule has 0 unspecified atom stereocenters. The summed E-state index contributed by atoms with van der Waals surface area (Å²) in [6.45, 7) is 4.29. The van der Waals surface area contributed by atoms with Crippen LogP contribution in [0.2, 0.25) is 0 Å². The van der Waals surface area contributed by atoms with Crippen LogP contribution in [0, 0.1) is 6.07 Å². The first-order valence-corrected chi connectivity index (χ1v) is 3.11. The molecule has 0 aromatic carbocycles. The molecular weight excluding hydrogens is 199 g/mol. The minimum Gasteiger partial charge on any atom is -0.304 e. The van der Waals surface area contributed by atoms with Gasteiger partial charge in [-0.2, -0.15) is 5.56 Å². The molecule has 1 aromatic rings. The Bertz CT molecular complexity index is 172. The molecule has 1 radical (unpaired) electrons. The summed E-state index contributed by atoms with van der Waals surface area (Å²) in [7, 11) is 0. The zero-order valence-corrected chi connectivity index (χ0v) is 9.17. The topological polar surface area (TPSA) is 12.9 Å². The molecule has 0 amide bonds. The molecule has 1 rings (SSSR count). The maximum atomic E-state index is 3.95. The van der Waals surface area contributed by atoms with Gasteiger partial charge in [-0.05, 0) is 0 Å². The molecule has 0 aliphatic rings. The van der Waals surface area contributed by atoms with Crippen molar-refractivity contribution < 1.29 is 32.7 Å². The van der Waals surface area contributed by atoms with Crippen molar-refractivity contribution in [2.75, 3.05) is 0 Å². The molecule has 2 heteroatoms. The van der Waals surface area contributed by atoms with E-state index in [0.717, 1.165) is 0 Å². The summed E-state index contributed by atoms with van der Waals surface area (Å²) in [6.07, 6.45) is 3.55. The largest absolute Gasteiger partial charge is 0.304 e. The average molecular weight is 209 g/mol. The van der Waals surface area contributed by atoms with E-state index in [4.69, 9.17) is 0 Å². The van der Waals surface area contributed by atoms with Crippen molar-refractivity contribution in [3.63, 3.8) is 0 Å². The SMILES string of the molecule is CC(C)c1c[c-]cnc1.[Y]. The number of nitrogens with zero attached hydrogens (tertiary/aromatic N) is 1. The second-order valence-electron chi connectivity index (χ2n) is 2.37. The molecule has 0 saturated heterocycles. The predicted molar refractivity (Wildman–Crippen MR) is 37.2 cm³/mol. The van der Waals surface area contributed by atoms with Crippen LogP contribution in [0.4, 0.5) is 0 Å². The minimum atomic E-state index is 0. The molecule has 1 aromatic heterocycles. The second-order valence-corrected chi connectivity index (χ2v) is 2.37. The summed E-state index contributed by atoms with van der Waals surface area (Å²) >= 11 is 0. The third kappa shape index (κ3) is 2.89. The van der Waals surface area contributed by atoms with Crippen molar-refractivity contribution in [1.82, 2.24) is 4.98 Å². The maximum absolute atomic E-state index is 3.95. The van der Waals surface area contributed by atoms with Crippen molar-refractivity contribution in [1.29, 1.82) is 0 Å². The van der Waals surface area contributed by atoms with Gasteiger partial charge in [-0.25, -0.2) is 12.1 Å². The summed E-state index contributed by atoms with van der Waals surface area (Å²) < 4.78 is 0. The maximum Gasteiger partial charge on any atom is 0 e. The van der Waals surface area contributed by atoms with Gasteiger partial charge in [0.2, 0.25) is 0 Å². The molecule has 51 valence electrons. The van der Waals surface area contributed by atoms with Crippen molar-refractivity contribution >= 4 is 0 Å². The summed E-state index contributed by atoms with van der Waals surface area (Å²) in [4.78, 5) is 3.95. The van der Waals surface area contributed by atoms with Crippen LogP contribution in [0.25, 0.3) is 0 Å². The van der Waals surface area contributed by atoms with Crippen LogP contribution in [-0.2, 0) is 32.7 Å². The van der Waals surface area contributed by atoms with E-state index in [9.17, 15) is 0 Å². The molecule has 10 heavy (non-hydrogen) atoms. The molecule has 0 saturated carbocycles. The number of hydrogen-bond acceptors (Lipinski definition) is 1. The quantitative estimate of drug-likeness (QED) is 0.644. The normalized spacial score (nSPS) is 9.10. The first-order chi connectivity index (χ1) is 4.30. The molecule has 0 spiro atoms. The molecule has 0 bridgehead atoms. The van der Waals surface area contributed by atoms with Gasteiger partial charge in [0, 0.05) is 32.7 Å². The van der Waals surface area contributed by atoms with E-state index in [1.807, 2.05) is 12.3 Å². The number of pyridine rings is 1. The van der Waals surface area contributed by atoms with Crippen LogP contribution in [0.15, 0.2) is 18.5 Å². The van der Waals surface area contributed by atoms with E-state index in [1.165, 1.54) is 5.56 Å². The Morgan fingerprint density at radius 3 is 2.50 bits per heavy atom. The van der Waals surface area contributed by atoms with Gasteiger partial charge >= 0.3 is 0 Å². The smallest absolute Gasteiger partial charge is 0 e. The monoisotopic (exact) mass is 209 g/mol. The van der Waals surface area contributed by atoms with E-state index >= 15 is 0 Å². The van der Waals surface area contributed by atoms with E-state index in [1.54, 1.807) is 6.20 Å². The van der Waals surface area contributed by atoms with Crippen LogP contribution in [-0.4, -0.2) is 4.98 Å². The molecule has 0 fully saturated rings. The zero-order valence-electron chi connectivity index (χ0n) is 6.33. The van der Waals surface area contributed by atoms with Crippen LogP contribution in [0.1, 0.15) is 25.3 Å². The van der Waals surface area contributed by atoms with Crippen molar-refractivity contribution in [3.8, 4) is 0 Å². The van der Waals surface area contributed by atoms with E-state index in [-0.39, 0.29) is 32.7 Å². The van der Waals surface area contributed by atoms with Gasteiger partial charge in [-0.15, -0.1) is 0 Å². The van der Waals surface area contributed by atoms with Crippen molar-refractivity contribution in [2.45, 2.75) is 19.8 Å². The number of hydrogen-bond donors (Lipinski definition) is 0. The summed E-state index contributed by atoms with van der Waals surface area (Å²) in [5.41, 5.74) is 1.25. The number of aromatic nitrogens is 1. The third-order valence-electron chi connectivity index (χ3n) is 1.29. The Balaban J connectivity index is 0.000000810. The fraction of sp³-hybridized carbons (Fsp3) is 0.375. The van der Waals surface area contributed by atoms with Crippen LogP contribution >= 0.6 is 0 Å². The second kappa shape index (κ2) is 4.98. The Hall–Kier alpha value is 0.254. The first kappa shape index (κ1) is 10.3. The zero-order chi connectivity index (χ0) is 6.69. The molecule has 0 aliphatic heterocycles. The van der Waals surface area contributed by atoms with Crippen LogP contribution in [0.3, 0.4) is 0 Å². The summed E-state index contributed by atoms with van der Waals surface area (Å²) in [6, 6.07) is 4.90. The standard InChI is InChI=1S/C8H10N.Y/c1-7(2)8-4-3-5-9-6-8;/h4-7H,1-2H3;/q-1;.